The van der Waals surface area contributed by atoms with Crippen molar-refractivity contribution >= 4 is 27.3 Å². The van der Waals surface area contributed by atoms with Gasteiger partial charge in [-0.25, -0.2) is 12.8 Å². The summed E-state index contributed by atoms with van der Waals surface area (Å²) < 4.78 is 38.8. The fourth-order valence-corrected chi connectivity index (χ4v) is 3.33. The molecule has 2 aromatic rings. The van der Waals surface area contributed by atoms with Crippen LogP contribution in [0.1, 0.15) is 11.1 Å². The van der Waals surface area contributed by atoms with Crippen molar-refractivity contribution < 1.29 is 12.8 Å². The van der Waals surface area contributed by atoms with E-state index in [9.17, 15) is 12.8 Å². The molecule has 0 bridgehead atoms. The molecule has 0 aromatic heterocycles. The number of rotatable bonds is 5. The second kappa shape index (κ2) is 6.45. The zero-order valence-electron chi connectivity index (χ0n) is 11.5. The Morgan fingerprint density at radius 2 is 1.71 bits per heavy atom. The van der Waals surface area contributed by atoms with Crippen molar-refractivity contribution in [2.45, 2.75) is 11.6 Å². The highest BCUT2D eigenvalue weighted by Crippen LogP contribution is 2.20. The molecule has 0 heterocycles. The van der Waals surface area contributed by atoms with Crippen molar-refractivity contribution in [3.8, 4) is 0 Å². The Hall–Kier alpha value is -1.59. The van der Waals surface area contributed by atoms with E-state index in [1.165, 1.54) is 31.3 Å². The smallest absolute Gasteiger partial charge is 0.239 e. The number of benzene rings is 2. The quantitative estimate of drug-likeness (QED) is 0.788. The molecule has 0 amide bonds. The first-order valence-electron chi connectivity index (χ1n) is 6.28. The Balaban J connectivity index is 2.22. The lowest BCUT2D eigenvalue weighted by atomic mass is 10.2. The van der Waals surface area contributed by atoms with Crippen molar-refractivity contribution in [2.24, 2.45) is 0 Å². The highest BCUT2D eigenvalue weighted by atomic mass is 35.5. The monoisotopic (exact) mass is 327 g/mol. The number of sulfonamides is 1. The molecule has 0 N–H and O–H groups in total. The molecule has 0 aliphatic rings. The van der Waals surface area contributed by atoms with Crippen LogP contribution in [-0.2, 0) is 21.7 Å². The van der Waals surface area contributed by atoms with Crippen LogP contribution in [0.3, 0.4) is 0 Å². The maximum absolute atomic E-state index is 12.9. The molecule has 0 aliphatic carbocycles. The molecule has 3 nitrogen and oxygen atoms in total. The Labute approximate surface area is 129 Å². The first-order valence-corrected chi connectivity index (χ1v) is 8.43. The van der Waals surface area contributed by atoms with Crippen LogP contribution in [0.25, 0.3) is 0 Å². The summed E-state index contributed by atoms with van der Waals surface area (Å²) in [6.07, 6.45) is 0. The van der Waals surface area contributed by atoms with E-state index in [1.54, 1.807) is 18.2 Å². The van der Waals surface area contributed by atoms with Crippen LogP contribution in [0, 0.1) is 5.82 Å². The number of hydrogen-bond donors (Lipinski definition) is 0. The van der Waals surface area contributed by atoms with Crippen LogP contribution in [0.2, 0.25) is 0 Å². The van der Waals surface area contributed by atoms with E-state index < -0.39 is 15.8 Å². The van der Waals surface area contributed by atoms with Crippen LogP contribution < -0.4 is 4.31 Å². The molecule has 0 radical (unpaired) electrons. The highest BCUT2D eigenvalue weighted by molar-refractivity contribution is 7.92. The minimum atomic E-state index is -3.54. The van der Waals surface area contributed by atoms with Gasteiger partial charge in [-0.3, -0.25) is 4.31 Å². The minimum Gasteiger partial charge on any atom is -0.273 e. The molecule has 0 spiro atoms. The summed E-state index contributed by atoms with van der Waals surface area (Å²) in [6, 6.07) is 12.5. The molecule has 0 aliphatic heterocycles. The average molecular weight is 328 g/mol. The third-order valence-corrected chi connectivity index (χ3v) is 5.15. The molecule has 0 saturated heterocycles. The molecule has 21 heavy (non-hydrogen) atoms. The predicted molar refractivity (Wildman–Crippen MR) is 83.4 cm³/mol. The molecule has 0 atom stereocenters. The van der Waals surface area contributed by atoms with Crippen molar-refractivity contribution in [1.82, 2.24) is 0 Å². The molecule has 0 fully saturated rings. The van der Waals surface area contributed by atoms with Crippen molar-refractivity contribution in [2.75, 3.05) is 11.4 Å². The Morgan fingerprint density at radius 1 is 1.10 bits per heavy atom. The van der Waals surface area contributed by atoms with Gasteiger partial charge in [0.2, 0.25) is 10.0 Å². The first kappa shape index (κ1) is 15.8. The Kier molecular flexibility index (Phi) is 4.85. The van der Waals surface area contributed by atoms with Gasteiger partial charge in [0.25, 0.3) is 0 Å². The summed E-state index contributed by atoms with van der Waals surface area (Å²) >= 11 is 5.75. The van der Waals surface area contributed by atoms with E-state index in [0.717, 1.165) is 9.87 Å². The van der Waals surface area contributed by atoms with Gasteiger partial charge < -0.3 is 0 Å². The lowest BCUT2D eigenvalue weighted by molar-refractivity contribution is 0.593. The second-order valence-electron chi connectivity index (χ2n) is 4.65. The van der Waals surface area contributed by atoms with Crippen LogP contribution in [0.15, 0.2) is 48.5 Å². The fraction of sp³-hybridized carbons (Fsp3) is 0.200. The lowest BCUT2D eigenvalue weighted by Gasteiger charge is -2.19. The first-order chi connectivity index (χ1) is 9.92. The maximum atomic E-state index is 12.9. The van der Waals surface area contributed by atoms with E-state index in [-0.39, 0.29) is 5.75 Å². The summed E-state index contributed by atoms with van der Waals surface area (Å²) in [4.78, 5) is 0. The van der Waals surface area contributed by atoms with Crippen LogP contribution in [0.5, 0.6) is 0 Å². The van der Waals surface area contributed by atoms with E-state index in [0.29, 0.717) is 17.1 Å². The van der Waals surface area contributed by atoms with E-state index >= 15 is 0 Å². The summed E-state index contributed by atoms with van der Waals surface area (Å²) in [5, 5.41) is 0. The maximum Gasteiger partial charge on any atom is 0.239 e. The minimum absolute atomic E-state index is 0.133. The summed E-state index contributed by atoms with van der Waals surface area (Å²) in [5.41, 5.74) is 1.96. The third kappa shape index (κ3) is 3.95. The summed E-state index contributed by atoms with van der Waals surface area (Å²) in [6.45, 7) is 0. The number of alkyl halides is 1. The molecule has 6 heteroatoms. The van der Waals surface area contributed by atoms with Crippen LogP contribution >= 0.6 is 11.6 Å². The number of anilines is 1. The SMILES string of the molecule is CN(c1ccc(F)cc1)S(=O)(=O)Cc1cccc(CCl)c1. The molecule has 2 rings (SSSR count). The Morgan fingerprint density at radius 3 is 2.33 bits per heavy atom. The molecule has 0 saturated carbocycles. The molecule has 2 aromatic carbocycles. The van der Waals surface area contributed by atoms with Gasteiger partial charge >= 0.3 is 0 Å². The van der Waals surface area contributed by atoms with Gasteiger partial charge in [0.1, 0.15) is 5.82 Å². The largest absolute Gasteiger partial charge is 0.273 e. The average Bonchev–Trinajstić information content (AvgIpc) is 2.47. The van der Waals surface area contributed by atoms with Gasteiger partial charge in [-0.2, -0.15) is 0 Å². The summed E-state index contributed by atoms with van der Waals surface area (Å²) in [5.74, 6) is -0.202. The van der Waals surface area contributed by atoms with Gasteiger partial charge in [0.15, 0.2) is 0 Å². The number of halogens is 2. The van der Waals surface area contributed by atoms with Gasteiger partial charge in [-0.15, -0.1) is 11.6 Å². The fourth-order valence-electron chi connectivity index (χ4n) is 1.92. The van der Waals surface area contributed by atoms with Crippen LogP contribution in [-0.4, -0.2) is 15.5 Å². The zero-order chi connectivity index (χ0) is 15.5. The number of nitrogens with zero attached hydrogens (tertiary/aromatic N) is 1. The molecular weight excluding hydrogens is 313 g/mol. The van der Waals surface area contributed by atoms with Crippen molar-refractivity contribution in [1.29, 1.82) is 0 Å². The standard InChI is InChI=1S/C15H15ClFNO2S/c1-18(15-7-5-14(17)6-8-15)21(19,20)11-13-4-2-3-12(9-13)10-16/h2-9H,10-11H2,1H3. The van der Waals surface area contributed by atoms with Gasteiger partial charge in [-0.05, 0) is 35.4 Å². The van der Waals surface area contributed by atoms with Gasteiger partial charge in [0, 0.05) is 12.9 Å². The zero-order valence-corrected chi connectivity index (χ0v) is 13.0. The van der Waals surface area contributed by atoms with Gasteiger partial charge in [0.05, 0.1) is 11.4 Å². The van der Waals surface area contributed by atoms with Gasteiger partial charge in [-0.1, -0.05) is 24.3 Å². The highest BCUT2D eigenvalue weighted by Gasteiger charge is 2.19. The van der Waals surface area contributed by atoms with Crippen LogP contribution in [0.4, 0.5) is 10.1 Å². The van der Waals surface area contributed by atoms with E-state index in [1.807, 2.05) is 6.07 Å². The van der Waals surface area contributed by atoms with E-state index in [4.69, 9.17) is 11.6 Å². The normalized spacial score (nSPS) is 11.4. The predicted octanol–water partition coefficient (Wildman–Crippen LogP) is 3.53. The molecule has 112 valence electrons. The van der Waals surface area contributed by atoms with Crippen molar-refractivity contribution in [3.63, 3.8) is 0 Å². The molecule has 0 unspecified atom stereocenters. The van der Waals surface area contributed by atoms with E-state index in [2.05, 4.69) is 0 Å². The Bertz CT molecular complexity index is 717. The summed E-state index contributed by atoms with van der Waals surface area (Å²) in [7, 11) is -2.08. The third-order valence-electron chi connectivity index (χ3n) is 3.10. The topological polar surface area (TPSA) is 37.4 Å². The lowest BCUT2D eigenvalue weighted by Crippen LogP contribution is -2.27. The number of hydrogen-bond acceptors (Lipinski definition) is 2. The van der Waals surface area contributed by atoms with Crippen molar-refractivity contribution in [3.05, 3.63) is 65.5 Å². The molecular formula is C15H15ClFNO2S. The second-order valence-corrected chi connectivity index (χ2v) is 6.92.